The van der Waals surface area contributed by atoms with Crippen molar-refractivity contribution in [3.05, 3.63) is 110 Å². The minimum absolute atomic E-state index is 0.238. The van der Waals surface area contributed by atoms with E-state index in [1.807, 2.05) is 13.0 Å². The maximum absolute atomic E-state index is 13.7. The van der Waals surface area contributed by atoms with E-state index in [9.17, 15) is 9.59 Å². The summed E-state index contributed by atoms with van der Waals surface area (Å²) in [5.74, 6) is 1.17. The van der Waals surface area contributed by atoms with Gasteiger partial charge in [0.2, 0.25) is 5.75 Å². The van der Waals surface area contributed by atoms with Gasteiger partial charge in [-0.1, -0.05) is 45.8 Å². The third kappa shape index (κ3) is 5.75. The second-order valence-electron chi connectivity index (χ2n) is 9.17. The summed E-state index contributed by atoms with van der Waals surface area (Å²) in [7, 11) is 4.52. The molecular formula is C32H26BrN3O6. The van der Waals surface area contributed by atoms with Crippen LogP contribution in [0.1, 0.15) is 21.5 Å². The molecule has 5 rings (SSSR count). The van der Waals surface area contributed by atoms with E-state index < -0.39 is 11.5 Å². The number of esters is 1. The van der Waals surface area contributed by atoms with Crippen LogP contribution in [0.25, 0.3) is 22.3 Å². The summed E-state index contributed by atoms with van der Waals surface area (Å²) in [6.45, 7) is 1.90. The Morgan fingerprint density at radius 2 is 1.62 bits per heavy atom. The Labute approximate surface area is 250 Å². The van der Waals surface area contributed by atoms with Crippen molar-refractivity contribution in [3.8, 4) is 34.4 Å². The number of hydrogen-bond acceptors (Lipinski definition) is 8. The molecule has 1 heterocycles. The Balaban J connectivity index is 1.65. The van der Waals surface area contributed by atoms with Crippen LogP contribution in [0.4, 0.5) is 0 Å². The van der Waals surface area contributed by atoms with Crippen LogP contribution in [0.15, 0.2) is 93.2 Å². The smallest absolute Gasteiger partial charge is 0.343 e. The molecule has 0 atom stereocenters. The lowest BCUT2D eigenvalue weighted by molar-refractivity contribution is 0.0734. The SMILES string of the molecule is COc1cc(-c2nc3ccccc3c(=O)n2N=Cc2cc(Br)ccc2OC(=O)c2cccc(C)c2)cc(OC)c1OC. The molecule has 5 aromatic rings. The highest BCUT2D eigenvalue weighted by Gasteiger charge is 2.19. The predicted molar refractivity (Wildman–Crippen MR) is 164 cm³/mol. The minimum Gasteiger partial charge on any atom is -0.493 e. The molecule has 0 aliphatic rings. The van der Waals surface area contributed by atoms with Gasteiger partial charge in [0.05, 0.1) is 44.0 Å². The normalized spacial score (nSPS) is 11.1. The topological polar surface area (TPSA) is 101 Å². The number of carbonyl (C=O) groups excluding carboxylic acids is 1. The van der Waals surface area contributed by atoms with Crippen LogP contribution in [0.3, 0.4) is 0 Å². The molecule has 0 radical (unpaired) electrons. The first-order valence-electron chi connectivity index (χ1n) is 12.8. The van der Waals surface area contributed by atoms with E-state index in [-0.39, 0.29) is 11.6 Å². The van der Waals surface area contributed by atoms with Gasteiger partial charge in [0.15, 0.2) is 17.3 Å². The highest BCUT2D eigenvalue weighted by Crippen LogP contribution is 2.41. The van der Waals surface area contributed by atoms with Gasteiger partial charge in [0, 0.05) is 15.6 Å². The second-order valence-corrected chi connectivity index (χ2v) is 10.1. The number of para-hydroxylation sites is 1. The number of nitrogens with zero attached hydrogens (tertiary/aromatic N) is 3. The molecule has 1 aromatic heterocycles. The van der Waals surface area contributed by atoms with E-state index in [1.165, 1.54) is 32.2 Å². The molecule has 0 unspecified atom stereocenters. The van der Waals surface area contributed by atoms with Crippen molar-refractivity contribution < 1.29 is 23.7 Å². The molecule has 0 fully saturated rings. The van der Waals surface area contributed by atoms with Crippen LogP contribution < -0.4 is 24.5 Å². The van der Waals surface area contributed by atoms with Gasteiger partial charge in [0.25, 0.3) is 5.56 Å². The third-order valence-electron chi connectivity index (χ3n) is 6.42. The Hall–Kier alpha value is -4.96. The quantitative estimate of drug-likeness (QED) is 0.114. The fourth-order valence-electron chi connectivity index (χ4n) is 4.39. The average molecular weight is 628 g/mol. The lowest BCUT2D eigenvalue weighted by Crippen LogP contribution is -2.20. The molecule has 4 aromatic carbocycles. The number of fused-ring (bicyclic) bond motifs is 1. The lowest BCUT2D eigenvalue weighted by Gasteiger charge is -2.15. The predicted octanol–water partition coefficient (Wildman–Crippen LogP) is 6.26. The number of halogens is 1. The highest BCUT2D eigenvalue weighted by molar-refractivity contribution is 9.10. The average Bonchev–Trinajstić information content (AvgIpc) is 3.00. The Morgan fingerprint density at radius 3 is 2.31 bits per heavy atom. The molecule has 10 heteroatoms. The molecular weight excluding hydrogens is 602 g/mol. The molecule has 212 valence electrons. The van der Waals surface area contributed by atoms with Crippen molar-refractivity contribution >= 4 is 39.0 Å². The van der Waals surface area contributed by atoms with Crippen LogP contribution in [0.5, 0.6) is 23.0 Å². The summed E-state index contributed by atoms with van der Waals surface area (Å²) in [5.41, 5.74) is 2.41. The minimum atomic E-state index is -0.515. The summed E-state index contributed by atoms with van der Waals surface area (Å²) >= 11 is 3.46. The van der Waals surface area contributed by atoms with Gasteiger partial charge < -0.3 is 18.9 Å². The number of carbonyl (C=O) groups is 1. The Kier molecular flexibility index (Phi) is 8.35. The monoisotopic (exact) mass is 627 g/mol. The van der Waals surface area contributed by atoms with Gasteiger partial charge in [0.1, 0.15) is 5.75 Å². The molecule has 0 aliphatic heterocycles. The van der Waals surface area contributed by atoms with E-state index in [1.54, 1.807) is 72.8 Å². The van der Waals surface area contributed by atoms with Gasteiger partial charge in [-0.15, -0.1) is 0 Å². The standard InChI is InChI=1S/C32H26BrN3O6/c1-19-8-7-9-20(14-19)32(38)42-26-13-12-23(33)15-22(26)18-34-36-30(35-25-11-6-5-10-24(25)31(36)37)21-16-27(39-2)29(41-4)28(17-21)40-3/h5-18H,1-4H3. The first kappa shape index (κ1) is 28.6. The number of aromatic nitrogens is 2. The molecule has 0 amide bonds. The molecule has 0 spiro atoms. The fourth-order valence-corrected chi connectivity index (χ4v) is 4.77. The van der Waals surface area contributed by atoms with Crippen LogP contribution in [-0.4, -0.2) is 43.2 Å². The second kappa shape index (κ2) is 12.3. The maximum atomic E-state index is 13.7. The first-order valence-corrected chi connectivity index (χ1v) is 13.6. The van der Waals surface area contributed by atoms with Crippen molar-refractivity contribution in [1.82, 2.24) is 9.66 Å². The van der Waals surface area contributed by atoms with Crippen molar-refractivity contribution in [2.24, 2.45) is 5.10 Å². The van der Waals surface area contributed by atoms with Crippen LogP contribution >= 0.6 is 15.9 Å². The van der Waals surface area contributed by atoms with Crippen LogP contribution in [0, 0.1) is 6.92 Å². The number of aryl methyl sites for hydroxylation is 1. The number of hydrogen-bond donors (Lipinski definition) is 0. The Bertz CT molecular complexity index is 1880. The van der Waals surface area contributed by atoms with E-state index in [0.29, 0.717) is 44.8 Å². The van der Waals surface area contributed by atoms with Crippen LogP contribution in [0.2, 0.25) is 0 Å². The zero-order valence-corrected chi connectivity index (χ0v) is 24.8. The summed E-state index contributed by atoms with van der Waals surface area (Å²) < 4.78 is 24.2. The molecule has 0 saturated heterocycles. The molecule has 0 aliphatic carbocycles. The van der Waals surface area contributed by atoms with Crippen molar-refractivity contribution in [2.45, 2.75) is 6.92 Å². The van der Waals surface area contributed by atoms with Gasteiger partial charge in [-0.25, -0.2) is 9.78 Å². The summed E-state index contributed by atoms with van der Waals surface area (Å²) in [6.07, 6.45) is 1.45. The van der Waals surface area contributed by atoms with Crippen molar-refractivity contribution in [3.63, 3.8) is 0 Å². The third-order valence-corrected chi connectivity index (χ3v) is 6.91. The number of benzene rings is 4. The van der Waals surface area contributed by atoms with Crippen molar-refractivity contribution in [2.75, 3.05) is 21.3 Å². The van der Waals surface area contributed by atoms with Gasteiger partial charge in [-0.05, 0) is 61.5 Å². The van der Waals surface area contributed by atoms with E-state index >= 15 is 0 Å². The number of ether oxygens (including phenoxy) is 4. The number of methoxy groups -OCH3 is 3. The largest absolute Gasteiger partial charge is 0.493 e. The molecule has 0 saturated carbocycles. The van der Waals surface area contributed by atoms with Gasteiger partial charge in [-0.3, -0.25) is 4.79 Å². The summed E-state index contributed by atoms with van der Waals surface area (Å²) in [6, 6.07) is 22.7. The molecule has 0 N–H and O–H groups in total. The van der Waals surface area contributed by atoms with E-state index in [4.69, 9.17) is 23.9 Å². The van der Waals surface area contributed by atoms with Crippen LogP contribution in [-0.2, 0) is 0 Å². The van der Waals surface area contributed by atoms with Gasteiger partial charge >= 0.3 is 5.97 Å². The Morgan fingerprint density at radius 1 is 0.881 bits per heavy atom. The molecule has 42 heavy (non-hydrogen) atoms. The lowest BCUT2D eigenvalue weighted by atomic mass is 10.1. The molecule has 0 bridgehead atoms. The van der Waals surface area contributed by atoms with E-state index in [2.05, 4.69) is 21.0 Å². The first-order chi connectivity index (χ1) is 20.3. The summed E-state index contributed by atoms with van der Waals surface area (Å²) in [4.78, 5) is 31.4. The fraction of sp³-hybridized carbons (Fsp3) is 0.125. The molecule has 9 nitrogen and oxygen atoms in total. The number of rotatable bonds is 8. The zero-order valence-electron chi connectivity index (χ0n) is 23.3. The maximum Gasteiger partial charge on any atom is 0.343 e. The van der Waals surface area contributed by atoms with E-state index in [0.717, 1.165) is 10.0 Å². The van der Waals surface area contributed by atoms with Crippen molar-refractivity contribution in [1.29, 1.82) is 0 Å². The zero-order chi connectivity index (χ0) is 29.8. The highest BCUT2D eigenvalue weighted by atomic mass is 79.9. The summed E-state index contributed by atoms with van der Waals surface area (Å²) in [5, 5.41) is 4.92. The van der Waals surface area contributed by atoms with Gasteiger partial charge in [-0.2, -0.15) is 9.78 Å².